The molecule has 1 aromatic heterocycles. The van der Waals surface area contributed by atoms with Crippen LogP contribution in [0.1, 0.15) is 81.5 Å². The van der Waals surface area contributed by atoms with E-state index in [1.165, 1.54) is 7.11 Å². The topological polar surface area (TPSA) is 140 Å². The molecule has 2 amide bonds. The highest BCUT2D eigenvalue weighted by Crippen LogP contribution is 2.40. The minimum Gasteiger partial charge on any atom is -0.495 e. The number of carboxylic acids is 1. The molecule has 0 bridgehead atoms. The zero-order chi connectivity index (χ0) is 31.0. The van der Waals surface area contributed by atoms with E-state index in [0.29, 0.717) is 48.0 Å². The van der Waals surface area contributed by atoms with Gasteiger partial charge in [0, 0.05) is 37.3 Å². The number of amides is 2. The van der Waals surface area contributed by atoms with Gasteiger partial charge in [0.25, 0.3) is 5.91 Å². The third kappa shape index (κ3) is 5.67. The molecule has 1 aromatic carbocycles. The average Bonchev–Trinajstić information content (AvgIpc) is 3.81. The van der Waals surface area contributed by atoms with Crippen LogP contribution in [0.5, 0.6) is 5.75 Å². The number of carbonyl (C=O) groups is 3. The van der Waals surface area contributed by atoms with Gasteiger partial charge in [0.15, 0.2) is 5.82 Å². The summed E-state index contributed by atoms with van der Waals surface area (Å²) in [4.78, 5) is 53.8. The molecule has 0 radical (unpaired) electrons. The van der Waals surface area contributed by atoms with Gasteiger partial charge in [0.2, 0.25) is 11.9 Å². The Labute approximate surface area is 258 Å². The van der Waals surface area contributed by atoms with Gasteiger partial charge in [-0.05, 0) is 56.7 Å². The summed E-state index contributed by atoms with van der Waals surface area (Å²) >= 11 is 0. The largest absolute Gasteiger partial charge is 0.495 e. The predicted octanol–water partition coefficient (Wildman–Crippen LogP) is 3.93. The lowest BCUT2D eigenvalue weighted by Gasteiger charge is -2.43. The first-order valence-electron chi connectivity index (χ1n) is 16.0. The summed E-state index contributed by atoms with van der Waals surface area (Å²) in [6, 6.07) is 4.60. The Morgan fingerprint density at radius 1 is 1.09 bits per heavy atom. The van der Waals surface area contributed by atoms with Gasteiger partial charge in [-0.2, -0.15) is 4.98 Å². The summed E-state index contributed by atoms with van der Waals surface area (Å²) in [5.74, 6) is 0.540. The van der Waals surface area contributed by atoms with Crippen LogP contribution in [-0.4, -0.2) is 88.7 Å². The molecule has 1 saturated heterocycles. The number of benzene rings is 1. The third-order valence-electron chi connectivity index (χ3n) is 9.88. The second-order valence-corrected chi connectivity index (χ2v) is 12.5. The van der Waals surface area contributed by atoms with Gasteiger partial charge < -0.3 is 30.3 Å². The number of carbonyl (C=O) groups excluding carboxylic acids is 2. The Morgan fingerprint density at radius 2 is 1.80 bits per heavy atom. The van der Waals surface area contributed by atoms with Crippen LogP contribution in [0, 0.1) is 0 Å². The summed E-state index contributed by atoms with van der Waals surface area (Å²) in [5.41, 5.74) is 1.71. The molecule has 2 aliphatic carbocycles. The number of likely N-dealkylation sites (N-methyl/N-ethyl adjacent to an activating group) is 1. The number of anilines is 4. The maximum absolute atomic E-state index is 13.3. The number of rotatable bonds is 9. The molecule has 236 valence electrons. The summed E-state index contributed by atoms with van der Waals surface area (Å²) in [6.07, 6.45) is 11.4. The molecule has 2 aliphatic heterocycles. The number of likely N-dealkylation sites (tertiary alicyclic amines) is 1. The van der Waals surface area contributed by atoms with Crippen molar-refractivity contribution in [1.82, 2.24) is 20.2 Å². The van der Waals surface area contributed by atoms with Crippen LogP contribution in [0.15, 0.2) is 24.4 Å². The summed E-state index contributed by atoms with van der Waals surface area (Å²) < 4.78 is 5.64. The van der Waals surface area contributed by atoms with Crippen LogP contribution in [0.3, 0.4) is 0 Å². The van der Waals surface area contributed by atoms with E-state index in [-0.39, 0.29) is 36.0 Å². The average molecular weight is 606 g/mol. The maximum atomic E-state index is 13.3. The Kier molecular flexibility index (Phi) is 8.61. The van der Waals surface area contributed by atoms with Crippen LogP contribution in [-0.2, 0) is 9.59 Å². The van der Waals surface area contributed by atoms with Gasteiger partial charge in [-0.15, -0.1) is 0 Å². The number of hydrogen-bond acceptors (Lipinski definition) is 9. The second kappa shape index (κ2) is 12.6. The predicted molar refractivity (Wildman–Crippen MR) is 167 cm³/mol. The van der Waals surface area contributed by atoms with Crippen molar-refractivity contribution in [2.75, 3.05) is 35.8 Å². The van der Waals surface area contributed by atoms with Crippen molar-refractivity contribution in [3.63, 3.8) is 0 Å². The molecule has 12 heteroatoms. The normalized spacial score (nSPS) is 24.5. The molecule has 0 unspecified atom stereocenters. The minimum atomic E-state index is -0.829. The molecule has 2 aromatic rings. The summed E-state index contributed by atoms with van der Waals surface area (Å²) in [5, 5.41) is 16.1. The van der Waals surface area contributed by atoms with E-state index in [1.807, 2.05) is 6.92 Å². The van der Waals surface area contributed by atoms with Crippen molar-refractivity contribution >= 4 is 40.9 Å². The first-order valence-corrected chi connectivity index (χ1v) is 16.0. The highest BCUT2D eigenvalue weighted by molar-refractivity contribution is 6.04. The number of nitrogens with one attached hydrogen (secondary N) is 2. The van der Waals surface area contributed by atoms with E-state index < -0.39 is 12.0 Å². The van der Waals surface area contributed by atoms with Crippen LogP contribution >= 0.6 is 0 Å². The number of fused-ring (bicyclic) bond motifs is 1. The van der Waals surface area contributed by atoms with Crippen LogP contribution < -0.4 is 25.2 Å². The number of aromatic nitrogens is 2. The lowest BCUT2D eigenvalue weighted by molar-refractivity contribution is -0.143. The minimum absolute atomic E-state index is 0.0640. The number of carboxylic acid groups (broad SMARTS) is 1. The molecular formula is C32H43N7O5. The second-order valence-electron chi connectivity index (χ2n) is 12.5. The van der Waals surface area contributed by atoms with Gasteiger partial charge in [-0.25, -0.2) is 4.98 Å². The van der Waals surface area contributed by atoms with Crippen LogP contribution in [0.4, 0.5) is 23.1 Å². The molecule has 4 aliphatic rings. The van der Waals surface area contributed by atoms with Crippen molar-refractivity contribution in [1.29, 1.82) is 0 Å². The first-order chi connectivity index (χ1) is 21.3. The van der Waals surface area contributed by atoms with E-state index in [0.717, 1.165) is 57.2 Å². The van der Waals surface area contributed by atoms with E-state index in [4.69, 9.17) is 9.72 Å². The fourth-order valence-corrected chi connectivity index (χ4v) is 7.62. The SMILES string of the molecule is CC[C@@H]1C(=O)N(C)c2cnc(Nc3ccc(C(=O)N[C@H]4C[C@@H](C(=O)O)N(C5CCCC5)C4)cc3OC)nc2N1C1CCCC1. The molecule has 3 atom stereocenters. The number of aliphatic carboxylic acids is 1. The number of methoxy groups -OCH3 is 1. The van der Waals surface area contributed by atoms with Gasteiger partial charge in [-0.3, -0.25) is 19.3 Å². The van der Waals surface area contributed by atoms with Crippen molar-refractivity contribution in [2.24, 2.45) is 0 Å². The molecule has 12 nitrogen and oxygen atoms in total. The zero-order valence-corrected chi connectivity index (χ0v) is 25.8. The maximum Gasteiger partial charge on any atom is 0.321 e. The Balaban J connectivity index is 1.19. The fourth-order valence-electron chi connectivity index (χ4n) is 7.62. The number of ether oxygens (including phenoxy) is 1. The number of hydrogen-bond donors (Lipinski definition) is 3. The highest BCUT2D eigenvalue weighted by atomic mass is 16.5. The molecule has 2 saturated carbocycles. The lowest BCUT2D eigenvalue weighted by Crippen LogP contribution is -2.55. The Bertz CT molecular complexity index is 1410. The number of nitrogens with zero attached hydrogens (tertiary/aromatic N) is 5. The Morgan fingerprint density at radius 3 is 2.45 bits per heavy atom. The molecule has 3 N–H and O–H groups in total. The molecule has 3 fully saturated rings. The van der Waals surface area contributed by atoms with E-state index >= 15 is 0 Å². The smallest absolute Gasteiger partial charge is 0.321 e. The lowest BCUT2D eigenvalue weighted by atomic mass is 10.0. The molecule has 3 heterocycles. The Hall–Kier alpha value is -3.93. The van der Waals surface area contributed by atoms with Gasteiger partial charge in [0.05, 0.1) is 19.0 Å². The van der Waals surface area contributed by atoms with E-state index in [9.17, 15) is 19.5 Å². The fraction of sp³-hybridized carbons (Fsp3) is 0.594. The van der Waals surface area contributed by atoms with Gasteiger partial charge in [-0.1, -0.05) is 32.6 Å². The van der Waals surface area contributed by atoms with Crippen molar-refractivity contribution in [3.05, 3.63) is 30.0 Å². The van der Waals surface area contributed by atoms with E-state index in [1.54, 1.807) is 36.3 Å². The van der Waals surface area contributed by atoms with Crippen molar-refractivity contribution in [3.8, 4) is 5.75 Å². The van der Waals surface area contributed by atoms with Crippen LogP contribution in [0.2, 0.25) is 0 Å². The highest BCUT2D eigenvalue weighted by Gasteiger charge is 2.43. The summed E-state index contributed by atoms with van der Waals surface area (Å²) in [6.45, 7) is 2.58. The molecular weight excluding hydrogens is 562 g/mol. The molecule has 44 heavy (non-hydrogen) atoms. The van der Waals surface area contributed by atoms with Gasteiger partial charge in [0.1, 0.15) is 23.5 Å². The molecule has 0 spiro atoms. The van der Waals surface area contributed by atoms with Crippen molar-refractivity contribution in [2.45, 2.75) is 101 Å². The van der Waals surface area contributed by atoms with Crippen LogP contribution in [0.25, 0.3) is 0 Å². The van der Waals surface area contributed by atoms with E-state index in [2.05, 4.69) is 25.4 Å². The van der Waals surface area contributed by atoms with Gasteiger partial charge >= 0.3 is 5.97 Å². The monoisotopic (exact) mass is 605 g/mol. The standard InChI is InChI=1S/C32H43N7O5/c1-4-24-30(41)37(2)26-17-33-32(36-28(26)39(24)22-11-7-8-12-22)35-23-14-13-19(15-27(23)44-3)29(40)34-20-16-25(31(42)43)38(18-20)21-9-5-6-10-21/h13-15,17,20-22,24-25H,4-12,16,18H2,1-3H3,(H,34,40)(H,42,43)(H,33,35,36)/t20-,24+,25-/m0/s1. The third-order valence-corrected chi connectivity index (χ3v) is 9.88. The molecule has 6 rings (SSSR count). The zero-order valence-electron chi connectivity index (χ0n) is 25.8. The van der Waals surface area contributed by atoms with Crippen molar-refractivity contribution < 1.29 is 24.2 Å². The quantitative estimate of drug-likeness (QED) is 0.385. The summed E-state index contributed by atoms with van der Waals surface area (Å²) in [7, 11) is 3.32. The first kappa shape index (κ1) is 30.1.